The van der Waals surface area contributed by atoms with Gasteiger partial charge in [0.2, 0.25) is 0 Å². The Morgan fingerprint density at radius 3 is 2.61 bits per heavy atom. The SMILES string of the molecule is CCNC(Cc1cccc(C)c1)c1ncccn1. The molecule has 0 aliphatic heterocycles. The number of nitrogens with one attached hydrogen (secondary N) is 1. The molecule has 0 spiro atoms. The van der Waals surface area contributed by atoms with Crippen LogP contribution in [0.2, 0.25) is 0 Å². The molecule has 1 aromatic heterocycles. The van der Waals surface area contributed by atoms with Gasteiger partial charge in [0.15, 0.2) is 0 Å². The van der Waals surface area contributed by atoms with Crippen LogP contribution < -0.4 is 5.32 Å². The fraction of sp³-hybridized carbons (Fsp3) is 0.333. The largest absolute Gasteiger partial charge is 0.307 e. The first-order valence-electron chi connectivity index (χ1n) is 6.35. The van der Waals surface area contributed by atoms with Crippen LogP contribution in [0.15, 0.2) is 42.7 Å². The molecule has 1 unspecified atom stereocenters. The van der Waals surface area contributed by atoms with E-state index < -0.39 is 0 Å². The van der Waals surface area contributed by atoms with Gasteiger partial charge in [0.1, 0.15) is 5.82 Å². The smallest absolute Gasteiger partial charge is 0.145 e. The van der Waals surface area contributed by atoms with Gasteiger partial charge in [-0.1, -0.05) is 36.8 Å². The fourth-order valence-electron chi connectivity index (χ4n) is 2.07. The second kappa shape index (κ2) is 6.26. The number of hydrogen-bond acceptors (Lipinski definition) is 3. The average molecular weight is 241 g/mol. The van der Waals surface area contributed by atoms with Crippen molar-refractivity contribution >= 4 is 0 Å². The molecule has 0 saturated carbocycles. The van der Waals surface area contributed by atoms with E-state index in [0.717, 1.165) is 18.8 Å². The van der Waals surface area contributed by atoms with E-state index in [0.29, 0.717) is 0 Å². The van der Waals surface area contributed by atoms with Crippen molar-refractivity contribution in [2.75, 3.05) is 6.54 Å². The highest BCUT2D eigenvalue weighted by Crippen LogP contribution is 2.15. The van der Waals surface area contributed by atoms with Gasteiger partial charge in [-0.3, -0.25) is 0 Å². The van der Waals surface area contributed by atoms with E-state index in [1.807, 2.05) is 6.07 Å². The van der Waals surface area contributed by atoms with Crippen molar-refractivity contribution < 1.29 is 0 Å². The summed E-state index contributed by atoms with van der Waals surface area (Å²) in [6, 6.07) is 10.6. The summed E-state index contributed by atoms with van der Waals surface area (Å²) < 4.78 is 0. The Labute approximate surface area is 108 Å². The lowest BCUT2D eigenvalue weighted by Gasteiger charge is -2.16. The molecule has 0 radical (unpaired) electrons. The predicted molar refractivity (Wildman–Crippen MR) is 73.3 cm³/mol. The Morgan fingerprint density at radius 2 is 1.94 bits per heavy atom. The molecule has 0 amide bonds. The van der Waals surface area contributed by atoms with Crippen LogP contribution >= 0.6 is 0 Å². The summed E-state index contributed by atoms with van der Waals surface area (Å²) in [6.07, 6.45) is 4.51. The van der Waals surface area contributed by atoms with Gasteiger partial charge in [0.05, 0.1) is 6.04 Å². The second-order valence-corrected chi connectivity index (χ2v) is 4.41. The molecule has 3 heteroatoms. The molecule has 18 heavy (non-hydrogen) atoms. The third kappa shape index (κ3) is 3.37. The maximum absolute atomic E-state index is 4.34. The number of likely N-dealkylation sites (N-methyl/N-ethyl adjacent to an activating group) is 1. The molecule has 0 aliphatic rings. The number of hydrogen-bond donors (Lipinski definition) is 1. The van der Waals surface area contributed by atoms with Crippen molar-refractivity contribution in [3.05, 3.63) is 59.7 Å². The van der Waals surface area contributed by atoms with Gasteiger partial charge in [-0.2, -0.15) is 0 Å². The first-order valence-corrected chi connectivity index (χ1v) is 6.35. The summed E-state index contributed by atoms with van der Waals surface area (Å²) >= 11 is 0. The normalized spacial score (nSPS) is 12.3. The summed E-state index contributed by atoms with van der Waals surface area (Å²) in [5.74, 6) is 0.862. The van der Waals surface area contributed by atoms with E-state index in [2.05, 4.69) is 53.4 Å². The molecule has 0 fully saturated rings. The summed E-state index contributed by atoms with van der Waals surface area (Å²) in [5, 5.41) is 3.44. The first-order chi connectivity index (χ1) is 8.79. The Kier molecular flexibility index (Phi) is 4.42. The van der Waals surface area contributed by atoms with Gasteiger partial charge in [-0.15, -0.1) is 0 Å². The standard InChI is InChI=1S/C15H19N3/c1-3-16-14(15-17-8-5-9-18-15)11-13-7-4-6-12(2)10-13/h4-10,14,16H,3,11H2,1-2H3. The highest BCUT2D eigenvalue weighted by Gasteiger charge is 2.13. The summed E-state index contributed by atoms with van der Waals surface area (Å²) in [4.78, 5) is 8.69. The Hall–Kier alpha value is -1.74. The highest BCUT2D eigenvalue weighted by molar-refractivity contribution is 5.23. The minimum atomic E-state index is 0.179. The Morgan fingerprint density at radius 1 is 1.17 bits per heavy atom. The van der Waals surface area contributed by atoms with Gasteiger partial charge in [-0.25, -0.2) is 9.97 Å². The van der Waals surface area contributed by atoms with E-state index in [9.17, 15) is 0 Å². The number of rotatable bonds is 5. The van der Waals surface area contributed by atoms with E-state index in [4.69, 9.17) is 0 Å². The molecule has 94 valence electrons. The van der Waals surface area contributed by atoms with Gasteiger partial charge in [0, 0.05) is 12.4 Å². The molecule has 0 aliphatic carbocycles. The molecular formula is C15H19N3. The van der Waals surface area contributed by atoms with Crippen LogP contribution in [0.5, 0.6) is 0 Å². The lowest BCUT2D eigenvalue weighted by atomic mass is 10.0. The summed E-state index contributed by atoms with van der Waals surface area (Å²) in [6.45, 7) is 5.13. The average Bonchev–Trinajstić information content (AvgIpc) is 2.39. The lowest BCUT2D eigenvalue weighted by molar-refractivity contribution is 0.521. The molecule has 1 N–H and O–H groups in total. The maximum Gasteiger partial charge on any atom is 0.145 e. The van der Waals surface area contributed by atoms with Crippen LogP contribution in [0.1, 0.15) is 29.9 Å². The monoisotopic (exact) mass is 241 g/mol. The van der Waals surface area contributed by atoms with Gasteiger partial charge >= 0.3 is 0 Å². The molecule has 1 aromatic carbocycles. The zero-order chi connectivity index (χ0) is 12.8. The van der Waals surface area contributed by atoms with Crippen molar-refractivity contribution in [1.82, 2.24) is 15.3 Å². The molecule has 0 saturated heterocycles. The summed E-state index contributed by atoms with van der Waals surface area (Å²) in [7, 11) is 0. The van der Waals surface area contributed by atoms with Crippen LogP contribution in [-0.4, -0.2) is 16.5 Å². The number of benzene rings is 1. The van der Waals surface area contributed by atoms with Crippen molar-refractivity contribution in [2.45, 2.75) is 26.3 Å². The van der Waals surface area contributed by atoms with Crippen LogP contribution in [-0.2, 0) is 6.42 Å². The molecule has 1 atom stereocenters. The van der Waals surface area contributed by atoms with Crippen molar-refractivity contribution in [2.24, 2.45) is 0 Å². The minimum absolute atomic E-state index is 0.179. The van der Waals surface area contributed by atoms with Gasteiger partial charge in [0.25, 0.3) is 0 Å². The molecule has 0 bridgehead atoms. The first kappa shape index (κ1) is 12.7. The summed E-state index contributed by atoms with van der Waals surface area (Å²) in [5.41, 5.74) is 2.60. The third-order valence-corrected chi connectivity index (χ3v) is 2.87. The van der Waals surface area contributed by atoms with Crippen molar-refractivity contribution in [3.63, 3.8) is 0 Å². The van der Waals surface area contributed by atoms with E-state index in [-0.39, 0.29) is 6.04 Å². The van der Waals surface area contributed by atoms with Crippen molar-refractivity contribution in [3.8, 4) is 0 Å². The Balaban J connectivity index is 2.16. The van der Waals surface area contributed by atoms with Crippen LogP contribution in [0.4, 0.5) is 0 Å². The topological polar surface area (TPSA) is 37.8 Å². The Bertz CT molecular complexity index is 482. The third-order valence-electron chi connectivity index (χ3n) is 2.87. The number of nitrogens with zero attached hydrogens (tertiary/aromatic N) is 2. The molecular weight excluding hydrogens is 222 g/mol. The molecule has 2 aromatic rings. The van der Waals surface area contributed by atoms with Crippen LogP contribution in [0.3, 0.4) is 0 Å². The van der Waals surface area contributed by atoms with Gasteiger partial charge < -0.3 is 5.32 Å². The van der Waals surface area contributed by atoms with E-state index in [1.165, 1.54) is 11.1 Å². The van der Waals surface area contributed by atoms with Gasteiger partial charge in [-0.05, 0) is 31.5 Å². The quantitative estimate of drug-likeness (QED) is 0.874. The predicted octanol–water partition coefficient (Wildman–Crippen LogP) is 2.68. The highest BCUT2D eigenvalue weighted by atomic mass is 15.0. The zero-order valence-electron chi connectivity index (χ0n) is 10.9. The molecule has 1 heterocycles. The fourth-order valence-corrected chi connectivity index (χ4v) is 2.07. The van der Waals surface area contributed by atoms with Crippen LogP contribution in [0.25, 0.3) is 0 Å². The van der Waals surface area contributed by atoms with Crippen molar-refractivity contribution in [1.29, 1.82) is 0 Å². The van der Waals surface area contributed by atoms with Crippen LogP contribution in [0, 0.1) is 6.92 Å². The number of aromatic nitrogens is 2. The minimum Gasteiger partial charge on any atom is -0.307 e. The second-order valence-electron chi connectivity index (χ2n) is 4.41. The lowest BCUT2D eigenvalue weighted by Crippen LogP contribution is -2.24. The molecule has 2 rings (SSSR count). The molecule has 3 nitrogen and oxygen atoms in total. The maximum atomic E-state index is 4.34. The zero-order valence-corrected chi connectivity index (χ0v) is 10.9. The van der Waals surface area contributed by atoms with E-state index >= 15 is 0 Å². The number of aryl methyl sites for hydroxylation is 1. The van der Waals surface area contributed by atoms with E-state index in [1.54, 1.807) is 12.4 Å².